The molecule has 0 spiro atoms. The van der Waals surface area contributed by atoms with Crippen molar-refractivity contribution in [3.8, 4) is 11.8 Å². The molecule has 0 fully saturated rings. The molecule has 0 unspecified atom stereocenters. The highest BCUT2D eigenvalue weighted by atomic mass is 35.5. The van der Waals surface area contributed by atoms with Crippen molar-refractivity contribution in [3.05, 3.63) is 77.3 Å². The van der Waals surface area contributed by atoms with Gasteiger partial charge in [-0.15, -0.1) is 6.58 Å². The zero-order valence-electron chi connectivity index (χ0n) is 13.1. The zero-order chi connectivity index (χ0) is 17.4. The van der Waals surface area contributed by atoms with Crippen LogP contribution in [0.3, 0.4) is 0 Å². The summed E-state index contributed by atoms with van der Waals surface area (Å²) >= 11 is 5.89. The van der Waals surface area contributed by atoms with Gasteiger partial charge in [-0.05, 0) is 35.9 Å². The summed E-state index contributed by atoms with van der Waals surface area (Å²) < 4.78 is 5.50. The van der Waals surface area contributed by atoms with E-state index in [1.807, 2.05) is 12.1 Å². The molecule has 0 radical (unpaired) electrons. The summed E-state index contributed by atoms with van der Waals surface area (Å²) in [4.78, 5) is 14.0. The van der Waals surface area contributed by atoms with Crippen molar-refractivity contribution in [2.45, 2.75) is 6.54 Å². The highest BCUT2D eigenvalue weighted by Gasteiger charge is 2.13. The van der Waals surface area contributed by atoms with E-state index in [4.69, 9.17) is 21.6 Å². The van der Waals surface area contributed by atoms with Crippen LogP contribution in [0.5, 0.6) is 5.75 Å². The van der Waals surface area contributed by atoms with Gasteiger partial charge in [0.15, 0.2) is 6.61 Å². The Hall–Kier alpha value is -2.77. The number of carbonyl (C=O) groups excluding carboxylic acids is 1. The Morgan fingerprint density at radius 2 is 2.04 bits per heavy atom. The van der Waals surface area contributed by atoms with E-state index in [0.717, 1.165) is 5.56 Å². The Morgan fingerprint density at radius 1 is 1.29 bits per heavy atom. The molecule has 0 aliphatic heterocycles. The molecule has 4 nitrogen and oxygen atoms in total. The molecule has 0 N–H and O–H groups in total. The van der Waals surface area contributed by atoms with Crippen molar-refractivity contribution in [3.63, 3.8) is 0 Å². The van der Waals surface area contributed by atoms with Crippen LogP contribution >= 0.6 is 11.6 Å². The van der Waals surface area contributed by atoms with E-state index in [0.29, 0.717) is 29.4 Å². The summed E-state index contributed by atoms with van der Waals surface area (Å²) in [6.45, 7) is 4.45. The van der Waals surface area contributed by atoms with Crippen LogP contribution in [0.1, 0.15) is 11.1 Å². The predicted octanol–water partition coefficient (Wildman–Crippen LogP) is 3.81. The molecule has 0 aliphatic carbocycles. The van der Waals surface area contributed by atoms with Crippen molar-refractivity contribution < 1.29 is 9.53 Å². The Bertz CT molecular complexity index is 751. The molecule has 2 rings (SSSR count). The average Bonchev–Trinajstić information content (AvgIpc) is 2.60. The molecule has 2 aromatic carbocycles. The van der Waals surface area contributed by atoms with Gasteiger partial charge in [-0.1, -0.05) is 35.9 Å². The van der Waals surface area contributed by atoms with Crippen LogP contribution in [-0.4, -0.2) is 24.0 Å². The molecule has 0 atom stereocenters. The first-order valence-electron chi connectivity index (χ1n) is 7.38. The third kappa shape index (κ3) is 5.15. The minimum Gasteiger partial charge on any atom is -0.484 e. The van der Waals surface area contributed by atoms with E-state index in [-0.39, 0.29) is 12.5 Å². The fourth-order valence-electron chi connectivity index (χ4n) is 2.11. The Labute approximate surface area is 146 Å². The summed E-state index contributed by atoms with van der Waals surface area (Å²) in [6.07, 6.45) is 1.67. The average molecular weight is 341 g/mol. The highest BCUT2D eigenvalue weighted by Crippen LogP contribution is 2.17. The summed E-state index contributed by atoms with van der Waals surface area (Å²) in [7, 11) is 0. The molecule has 5 heteroatoms. The fourth-order valence-corrected chi connectivity index (χ4v) is 2.29. The SMILES string of the molecule is C=CCN(Cc1ccc(C#N)cc1)C(=O)COc1cccc(Cl)c1. The lowest BCUT2D eigenvalue weighted by Gasteiger charge is -2.21. The first kappa shape index (κ1) is 17.6. The number of amides is 1. The zero-order valence-corrected chi connectivity index (χ0v) is 13.9. The van der Waals surface area contributed by atoms with Gasteiger partial charge < -0.3 is 9.64 Å². The van der Waals surface area contributed by atoms with Crippen LogP contribution < -0.4 is 4.74 Å². The molecule has 24 heavy (non-hydrogen) atoms. The van der Waals surface area contributed by atoms with Gasteiger partial charge in [0.05, 0.1) is 11.6 Å². The number of hydrogen-bond acceptors (Lipinski definition) is 3. The Kier molecular flexibility index (Phi) is 6.41. The standard InChI is InChI=1S/C19H17ClN2O2/c1-2-10-22(13-16-8-6-15(12-21)7-9-16)19(23)14-24-18-5-3-4-17(20)11-18/h2-9,11H,1,10,13-14H2. The maximum absolute atomic E-state index is 12.4. The molecule has 2 aromatic rings. The second-order valence-electron chi connectivity index (χ2n) is 5.12. The highest BCUT2D eigenvalue weighted by molar-refractivity contribution is 6.30. The van der Waals surface area contributed by atoms with Crippen molar-refractivity contribution in [1.29, 1.82) is 5.26 Å². The first-order valence-corrected chi connectivity index (χ1v) is 7.76. The molecule has 0 aliphatic rings. The largest absolute Gasteiger partial charge is 0.484 e. The number of ether oxygens (including phenoxy) is 1. The van der Waals surface area contributed by atoms with Gasteiger partial charge >= 0.3 is 0 Å². The summed E-state index contributed by atoms with van der Waals surface area (Å²) in [5.74, 6) is 0.395. The molecule has 0 saturated carbocycles. The lowest BCUT2D eigenvalue weighted by Crippen LogP contribution is -2.34. The van der Waals surface area contributed by atoms with E-state index in [1.54, 1.807) is 47.4 Å². The minimum atomic E-state index is -0.153. The van der Waals surface area contributed by atoms with E-state index >= 15 is 0 Å². The van der Waals surface area contributed by atoms with Crippen LogP contribution in [0.4, 0.5) is 0 Å². The van der Waals surface area contributed by atoms with E-state index < -0.39 is 0 Å². The third-order valence-electron chi connectivity index (χ3n) is 3.32. The van der Waals surface area contributed by atoms with Crippen molar-refractivity contribution in [2.24, 2.45) is 0 Å². The molecular weight excluding hydrogens is 324 g/mol. The number of carbonyl (C=O) groups is 1. The minimum absolute atomic E-state index is 0.0789. The molecule has 0 saturated heterocycles. The molecule has 0 heterocycles. The van der Waals surface area contributed by atoms with Crippen LogP contribution in [-0.2, 0) is 11.3 Å². The number of halogens is 1. The molecule has 1 amide bonds. The molecular formula is C19H17ClN2O2. The van der Waals surface area contributed by atoms with Gasteiger partial charge in [0.1, 0.15) is 5.75 Å². The summed E-state index contributed by atoms with van der Waals surface area (Å²) in [6, 6.07) is 16.1. The lowest BCUT2D eigenvalue weighted by molar-refractivity contribution is -0.133. The van der Waals surface area contributed by atoms with E-state index in [2.05, 4.69) is 12.6 Å². The Morgan fingerprint density at radius 3 is 2.67 bits per heavy atom. The Balaban J connectivity index is 1.98. The maximum Gasteiger partial charge on any atom is 0.261 e. The second kappa shape index (κ2) is 8.76. The molecule has 122 valence electrons. The fraction of sp³-hybridized carbons (Fsp3) is 0.158. The van der Waals surface area contributed by atoms with Crippen molar-refractivity contribution in [2.75, 3.05) is 13.2 Å². The quantitative estimate of drug-likeness (QED) is 0.720. The van der Waals surface area contributed by atoms with E-state index in [9.17, 15) is 4.79 Å². The lowest BCUT2D eigenvalue weighted by atomic mass is 10.1. The number of hydrogen-bond donors (Lipinski definition) is 0. The smallest absolute Gasteiger partial charge is 0.261 e. The van der Waals surface area contributed by atoms with Crippen LogP contribution in [0, 0.1) is 11.3 Å². The van der Waals surface area contributed by atoms with Crippen LogP contribution in [0.15, 0.2) is 61.2 Å². The van der Waals surface area contributed by atoms with Crippen molar-refractivity contribution >= 4 is 17.5 Å². The van der Waals surface area contributed by atoms with Gasteiger partial charge in [0.25, 0.3) is 5.91 Å². The maximum atomic E-state index is 12.4. The first-order chi connectivity index (χ1) is 11.6. The van der Waals surface area contributed by atoms with E-state index in [1.165, 1.54) is 0 Å². The van der Waals surface area contributed by atoms with Gasteiger partial charge in [0, 0.05) is 18.1 Å². The van der Waals surface area contributed by atoms with Crippen molar-refractivity contribution in [1.82, 2.24) is 4.90 Å². The number of nitriles is 1. The van der Waals surface area contributed by atoms with Crippen LogP contribution in [0.2, 0.25) is 5.02 Å². The second-order valence-corrected chi connectivity index (χ2v) is 5.55. The van der Waals surface area contributed by atoms with Gasteiger partial charge in [0.2, 0.25) is 0 Å². The molecule has 0 bridgehead atoms. The van der Waals surface area contributed by atoms with Gasteiger partial charge in [-0.2, -0.15) is 5.26 Å². The number of benzene rings is 2. The number of rotatable bonds is 7. The predicted molar refractivity (Wildman–Crippen MR) is 93.7 cm³/mol. The normalized spacial score (nSPS) is 9.83. The van der Waals surface area contributed by atoms with Crippen LogP contribution in [0.25, 0.3) is 0 Å². The van der Waals surface area contributed by atoms with Gasteiger partial charge in [-0.25, -0.2) is 0 Å². The summed E-state index contributed by atoms with van der Waals surface area (Å²) in [5.41, 5.74) is 1.52. The topological polar surface area (TPSA) is 53.3 Å². The third-order valence-corrected chi connectivity index (χ3v) is 3.55. The number of nitrogens with zero attached hydrogens (tertiary/aromatic N) is 2. The summed E-state index contributed by atoms with van der Waals surface area (Å²) in [5, 5.41) is 9.38. The monoisotopic (exact) mass is 340 g/mol. The van der Waals surface area contributed by atoms with Gasteiger partial charge in [-0.3, -0.25) is 4.79 Å². The molecule has 0 aromatic heterocycles.